The number of carbonyl (C=O) groups is 1. The summed E-state index contributed by atoms with van der Waals surface area (Å²) in [4.78, 5) is 16.0. The van der Waals surface area contributed by atoms with Crippen LogP contribution >= 0.6 is 12.2 Å². The van der Waals surface area contributed by atoms with E-state index in [1.54, 1.807) is 12.1 Å². The molecule has 0 radical (unpaired) electrons. The van der Waals surface area contributed by atoms with Crippen molar-refractivity contribution in [3.8, 4) is 0 Å². The summed E-state index contributed by atoms with van der Waals surface area (Å²) in [6, 6.07) is 3.35. The monoisotopic (exact) mass is 249 g/mol. The average molecular weight is 249 g/mol. The third-order valence-corrected chi connectivity index (χ3v) is 3.05. The van der Waals surface area contributed by atoms with E-state index in [0.717, 1.165) is 18.9 Å². The summed E-state index contributed by atoms with van der Waals surface area (Å²) in [6.07, 6.45) is 5.20. The quantitative estimate of drug-likeness (QED) is 0.771. The Morgan fingerprint density at radius 3 is 2.82 bits per heavy atom. The molecular weight excluding hydrogens is 234 g/mol. The number of hydrogen-bond acceptors (Lipinski definition) is 3. The van der Waals surface area contributed by atoms with Crippen LogP contribution in [0.25, 0.3) is 0 Å². The number of amides is 1. The smallest absolute Gasteiger partial charge is 0.269 e. The molecule has 0 aromatic carbocycles. The molecule has 1 aromatic heterocycles. The van der Waals surface area contributed by atoms with Gasteiger partial charge < -0.3 is 11.1 Å². The van der Waals surface area contributed by atoms with Crippen LogP contribution in [0.3, 0.4) is 0 Å². The van der Waals surface area contributed by atoms with Crippen LogP contribution in [0.2, 0.25) is 0 Å². The van der Waals surface area contributed by atoms with E-state index in [0.29, 0.717) is 11.3 Å². The fraction of sp³-hybridized carbons (Fsp3) is 0.417. The number of carbonyl (C=O) groups excluding carboxylic acids is 1. The lowest BCUT2D eigenvalue weighted by atomic mass is 10.2. The molecule has 3 N–H and O–H groups in total. The first-order chi connectivity index (χ1) is 8.16. The highest BCUT2D eigenvalue weighted by Crippen LogP contribution is 2.31. The van der Waals surface area contributed by atoms with Crippen LogP contribution in [0.4, 0.5) is 0 Å². The zero-order valence-corrected chi connectivity index (χ0v) is 10.3. The molecule has 1 heterocycles. The highest BCUT2D eigenvalue weighted by atomic mass is 32.1. The van der Waals surface area contributed by atoms with Crippen molar-refractivity contribution in [2.75, 3.05) is 6.54 Å². The zero-order chi connectivity index (χ0) is 12.3. The second kappa shape index (κ2) is 5.23. The Bertz CT molecular complexity index is 426. The number of rotatable bonds is 5. The fourth-order valence-corrected chi connectivity index (χ4v) is 1.68. The van der Waals surface area contributed by atoms with Crippen LogP contribution in [0, 0.1) is 5.92 Å². The summed E-state index contributed by atoms with van der Waals surface area (Å²) < 4.78 is 0. The van der Waals surface area contributed by atoms with Crippen LogP contribution in [-0.4, -0.2) is 22.4 Å². The summed E-state index contributed by atoms with van der Waals surface area (Å²) in [7, 11) is 0. The van der Waals surface area contributed by atoms with Gasteiger partial charge in [-0.25, -0.2) is 0 Å². The normalized spacial score (nSPS) is 14.4. The van der Waals surface area contributed by atoms with Gasteiger partial charge in [0, 0.05) is 18.3 Å². The Hall–Kier alpha value is -1.49. The molecule has 0 spiro atoms. The number of aromatic nitrogens is 1. The summed E-state index contributed by atoms with van der Waals surface area (Å²) >= 11 is 4.81. The lowest BCUT2D eigenvalue weighted by molar-refractivity contribution is 0.0947. The SMILES string of the molecule is NC(=S)c1ccc(C(=O)NCCC2CC2)nc1. The number of nitrogens with zero attached hydrogens (tertiary/aromatic N) is 1. The molecule has 4 nitrogen and oxygen atoms in total. The lowest BCUT2D eigenvalue weighted by Gasteiger charge is -2.04. The number of pyridine rings is 1. The first-order valence-electron chi connectivity index (χ1n) is 5.71. The molecule has 0 unspecified atom stereocenters. The van der Waals surface area contributed by atoms with Gasteiger partial charge in [0.05, 0.1) is 0 Å². The van der Waals surface area contributed by atoms with Crippen LogP contribution in [0.5, 0.6) is 0 Å². The molecule has 1 amide bonds. The summed E-state index contributed by atoms with van der Waals surface area (Å²) in [5.41, 5.74) is 6.53. The van der Waals surface area contributed by atoms with Gasteiger partial charge in [-0.05, 0) is 24.5 Å². The van der Waals surface area contributed by atoms with Crippen molar-refractivity contribution >= 4 is 23.1 Å². The molecule has 0 atom stereocenters. The van der Waals surface area contributed by atoms with Gasteiger partial charge in [-0.2, -0.15) is 0 Å². The van der Waals surface area contributed by atoms with Gasteiger partial charge in [-0.15, -0.1) is 0 Å². The van der Waals surface area contributed by atoms with Crippen LogP contribution < -0.4 is 11.1 Å². The highest BCUT2D eigenvalue weighted by molar-refractivity contribution is 7.80. The molecule has 1 fully saturated rings. The van der Waals surface area contributed by atoms with Gasteiger partial charge in [-0.3, -0.25) is 9.78 Å². The standard InChI is InChI=1S/C12H15N3OS/c13-11(17)9-3-4-10(15-7-9)12(16)14-6-5-8-1-2-8/h3-4,7-8H,1-2,5-6H2,(H2,13,17)(H,14,16). The van der Waals surface area contributed by atoms with Gasteiger partial charge in [-0.1, -0.05) is 25.1 Å². The van der Waals surface area contributed by atoms with E-state index in [1.807, 2.05) is 0 Å². The number of nitrogens with two attached hydrogens (primary N) is 1. The molecule has 17 heavy (non-hydrogen) atoms. The molecule has 1 saturated carbocycles. The van der Waals surface area contributed by atoms with Crippen molar-refractivity contribution in [1.82, 2.24) is 10.3 Å². The van der Waals surface area contributed by atoms with E-state index in [-0.39, 0.29) is 10.9 Å². The maximum atomic E-state index is 11.7. The third-order valence-electron chi connectivity index (χ3n) is 2.82. The van der Waals surface area contributed by atoms with E-state index in [9.17, 15) is 4.79 Å². The number of nitrogens with one attached hydrogen (secondary N) is 1. The minimum absolute atomic E-state index is 0.139. The minimum atomic E-state index is -0.139. The number of hydrogen-bond donors (Lipinski definition) is 2. The molecule has 5 heteroatoms. The van der Waals surface area contributed by atoms with E-state index < -0.39 is 0 Å². The molecular formula is C12H15N3OS. The van der Waals surface area contributed by atoms with Crippen LogP contribution in [0.15, 0.2) is 18.3 Å². The molecule has 2 rings (SSSR count). The maximum Gasteiger partial charge on any atom is 0.269 e. The summed E-state index contributed by atoms with van der Waals surface area (Å²) in [6.45, 7) is 0.724. The van der Waals surface area contributed by atoms with Crippen molar-refractivity contribution in [3.63, 3.8) is 0 Å². The van der Waals surface area contributed by atoms with Gasteiger partial charge in [0.2, 0.25) is 0 Å². The molecule has 1 aliphatic carbocycles. The number of thiocarbonyl (C=S) groups is 1. The Labute approximate surface area is 106 Å². The second-order valence-electron chi connectivity index (χ2n) is 4.28. The van der Waals surface area contributed by atoms with Crippen molar-refractivity contribution in [2.45, 2.75) is 19.3 Å². The Morgan fingerprint density at radius 2 is 2.29 bits per heavy atom. The molecule has 0 bridgehead atoms. The zero-order valence-electron chi connectivity index (χ0n) is 9.48. The highest BCUT2D eigenvalue weighted by Gasteiger charge is 2.20. The first kappa shape index (κ1) is 12.0. The average Bonchev–Trinajstić information content (AvgIpc) is 3.13. The molecule has 0 aliphatic heterocycles. The van der Waals surface area contributed by atoms with Gasteiger partial charge in [0.15, 0.2) is 0 Å². The summed E-state index contributed by atoms with van der Waals surface area (Å²) in [5, 5.41) is 2.85. The topological polar surface area (TPSA) is 68.0 Å². The van der Waals surface area contributed by atoms with E-state index in [1.165, 1.54) is 19.0 Å². The van der Waals surface area contributed by atoms with E-state index >= 15 is 0 Å². The van der Waals surface area contributed by atoms with Crippen LogP contribution in [-0.2, 0) is 0 Å². The van der Waals surface area contributed by atoms with Gasteiger partial charge in [0.1, 0.15) is 10.7 Å². The molecule has 1 aliphatic rings. The van der Waals surface area contributed by atoms with Crippen LogP contribution in [0.1, 0.15) is 35.3 Å². The molecule has 0 saturated heterocycles. The van der Waals surface area contributed by atoms with Crippen molar-refractivity contribution in [3.05, 3.63) is 29.6 Å². The maximum absolute atomic E-state index is 11.7. The molecule has 90 valence electrons. The second-order valence-corrected chi connectivity index (χ2v) is 4.72. The van der Waals surface area contributed by atoms with Crippen molar-refractivity contribution < 1.29 is 4.79 Å². The molecule has 1 aromatic rings. The minimum Gasteiger partial charge on any atom is -0.389 e. The summed E-state index contributed by atoms with van der Waals surface area (Å²) in [5.74, 6) is 0.681. The van der Waals surface area contributed by atoms with Crippen molar-refractivity contribution in [2.24, 2.45) is 11.7 Å². The predicted molar refractivity (Wildman–Crippen MR) is 69.8 cm³/mol. The van der Waals surface area contributed by atoms with E-state index in [2.05, 4.69) is 10.3 Å². The Morgan fingerprint density at radius 1 is 1.53 bits per heavy atom. The lowest BCUT2D eigenvalue weighted by Crippen LogP contribution is -2.25. The van der Waals surface area contributed by atoms with Gasteiger partial charge in [0.25, 0.3) is 5.91 Å². The first-order valence-corrected chi connectivity index (χ1v) is 6.11. The largest absolute Gasteiger partial charge is 0.389 e. The third kappa shape index (κ3) is 3.49. The van der Waals surface area contributed by atoms with Crippen molar-refractivity contribution in [1.29, 1.82) is 0 Å². The van der Waals surface area contributed by atoms with E-state index in [4.69, 9.17) is 18.0 Å². The Balaban J connectivity index is 1.86. The fourth-order valence-electron chi connectivity index (χ4n) is 1.56. The Kier molecular flexibility index (Phi) is 3.68. The van der Waals surface area contributed by atoms with Gasteiger partial charge >= 0.3 is 0 Å². The predicted octanol–water partition coefficient (Wildman–Crippen LogP) is 1.25.